The topological polar surface area (TPSA) is 89.0 Å². The van der Waals surface area contributed by atoms with Crippen molar-refractivity contribution in [1.29, 1.82) is 0 Å². The van der Waals surface area contributed by atoms with Crippen LogP contribution in [0.5, 0.6) is 17.4 Å². The van der Waals surface area contributed by atoms with Gasteiger partial charge in [0.2, 0.25) is 12.7 Å². The average molecular weight is 463 g/mol. The van der Waals surface area contributed by atoms with E-state index >= 15 is 0 Å². The van der Waals surface area contributed by atoms with Crippen molar-refractivity contribution < 1.29 is 19.3 Å². The summed E-state index contributed by atoms with van der Waals surface area (Å²) in [5, 5.41) is 15.0. The van der Waals surface area contributed by atoms with Crippen molar-refractivity contribution in [2.45, 2.75) is 56.5 Å². The number of aliphatic hydroxyl groups excluding tert-OH is 1. The van der Waals surface area contributed by atoms with E-state index in [9.17, 15) is 5.11 Å². The second kappa shape index (κ2) is 9.02. The van der Waals surface area contributed by atoms with E-state index < -0.39 is 6.10 Å². The van der Waals surface area contributed by atoms with Gasteiger partial charge in [-0.1, -0.05) is 6.07 Å². The van der Waals surface area contributed by atoms with Gasteiger partial charge in [0.15, 0.2) is 11.5 Å². The van der Waals surface area contributed by atoms with Gasteiger partial charge >= 0.3 is 0 Å². The van der Waals surface area contributed by atoms with Crippen LogP contribution in [0.1, 0.15) is 42.9 Å². The quantitative estimate of drug-likeness (QED) is 0.554. The number of nitrogens with zero attached hydrogens (tertiary/aromatic N) is 3. The molecule has 6 rings (SSSR count). The zero-order valence-corrected chi connectivity index (χ0v) is 19.3. The average Bonchev–Trinajstić information content (AvgIpc) is 3.42. The van der Waals surface area contributed by atoms with E-state index in [2.05, 4.69) is 32.3 Å². The van der Waals surface area contributed by atoms with Crippen molar-refractivity contribution in [1.82, 2.24) is 20.2 Å². The minimum Gasteiger partial charge on any atom is -0.481 e. The van der Waals surface area contributed by atoms with E-state index in [4.69, 9.17) is 14.2 Å². The molecule has 34 heavy (non-hydrogen) atoms. The zero-order valence-electron chi connectivity index (χ0n) is 19.3. The molecule has 0 aliphatic carbocycles. The largest absolute Gasteiger partial charge is 0.481 e. The van der Waals surface area contributed by atoms with Crippen LogP contribution in [0.2, 0.25) is 0 Å². The first-order valence-electron chi connectivity index (χ1n) is 12.0. The Labute approximate surface area is 198 Å². The van der Waals surface area contributed by atoms with Crippen LogP contribution in [0.25, 0.3) is 11.0 Å². The summed E-state index contributed by atoms with van der Waals surface area (Å²) in [6.07, 6.45) is 5.68. The SMILES string of the molecule is COc1ccc2nccc(C(O)CN3C4CCC3CC(NCc3ccc5c(c3)OCO5)C4)c2n1. The van der Waals surface area contributed by atoms with Crippen molar-refractivity contribution in [3.63, 3.8) is 0 Å². The zero-order chi connectivity index (χ0) is 23.1. The number of hydrogen-bond donors (Lipinski definition) is 2. The lowest BCUT2D eigenvalue weighted by atomic mass is 9.95. The van der Waals surface area contributed by atoms with Crippen LogP contribution in [0, 0.1) is 0 Å². The Morgan fingerprint density at radius 1 is 1.12 bits per heavy atom. The third-order valence-electron chi connectivity index (χ3n) is 7.46. The van der Waals surface area contributed by atoms with Gasteiger partial charge in [-0.05, 0) is 55.5 Å². The number of ether oxygens (including phenoxy) is 3. The summed E-state index contributed by atoms with van der Waals surface area (Å²) in [6.45, 7) is 1.74. The molecule has 5 heterocycles. The Bertz CT molecular complexity index is 1170. The molecule has 0 radical (unpaired) electrons. The summed E-state index contributed by atoms with van der Waals surface area (Å²) in [7, 11) is 1.60. The minimum atomic E-state index is -0.619. The molecule has 2 bridgehead atoms. The summed E-state index contributed by atoms with van der Waals surface area (Å²) >= 11 is 0. The van der Waals surface area contributed by atoms with Gasteiger partial charge in [-0.15, -0.1) is 0 Å². The number of rotatable bonds is 7. The second-order valence-electron chi connectivity index (χ2n) is 9.46. The minimum absolute atomic E-state index is 0.304. The molecule has 0 saturated carbocycles. The van der Waals surface area contributed by atoms with Crippen LogP contribution in [-0.2, 0) is 6.54 Å². The Hall–Kier alpha value is -2.94. The van der Waals surface area contributed by atoms with Crippen molar-refractivity contribution in [2.75, 3.05) is 20.4 Å². The van der Waals surface area contributed by atoms with Crippen LogP contribution in [0.4, 0.5) is 0 Å². The number of pyridine rings is 2. The predicted octanol–water partition coefficient (Wildman–Crippen LogP) is 3.19. The fourth-order valence-corrected chi connectivity index (χ4v) is 5.76. The molecule has 3 aliphatic rings. The van der Waals surface area contributed by atoms with Gasteiger partial charge < -0.3 is 24.6 Å². The lowest BCUT2D eigenvalue weighted by molar-refractivity contribution is 0.0521. The highest BCUT2D eigenvalue weighted by Gasteiger charge is 2.41. The maximum atomic E-state index is 11.2. The fourth-order valence-electron chi connectivity index (χ4n) is 5.76. The lowest BCUT2D eigenvalue weighted by Crippen LogP contribution is -2.50. The third-order valence-corrected chi connectivity index (χ3v) is 7.46. The van der Waals surface area contributed by atoms with Crippen LogP contribution in [0.3, 0.4) is 0 Å². The summed E-state index contributed by atoms with van der Waals surface area (Å²) in [4.78, 5) is 11.5. The van der Waals surface area contributed by atoms with Gasteiger partial charge in [-0.2, -0.15) is 0 Å². The standard InChI is InChI=1S/C26H30N4O4/c1-32-25-7-5-21-26(29-25)20(8-9-27-21)22(31)14-30-18-3-4-19(30)12-17(11-18)28-13-16-2-6-23-24(10-16)34-15-33-23/h2,5-10,17-19,22,28,31H,3-4,11-15H2,1H3. The summed E-state index contributed by atoms with van der Waals surface area (Å²) in [5.41, 5.74) is 3.50. The highest BCUT2D eigenvalue weighted by molar-refractivity contribution is 5.78. The first kappa shape index (κ1) is 21.6. The smallest absolute Gasteiger partial charge is 0.231 e. The molecule has 8 heteroatoms. The summed E-state index contributed by atoms with van der Waals surface area (Å²) in [5.74, 6) is 2.19. The third kappa shape index (κ3) is 4.06. The highest BCUT2D eigenvalue weighted by atomic mass is 16.7. The lowest BCUT2D eigenvalue weighted by Gasteiger charge is -2.40. The van der Waals surface area contributed by atoms with E-state index in [0.29, 0.717) is 42.9 Å². The Morgan fingerprint density at radius 3 is 2.76 bits per heavy atom. The van der Waals surface area contributed by atoms with Gasteiger partial charge in [0.25, 0.3) is 0 Å². The van der Waals surface area contributed by atoms with E-state index in [0.717, 1.165) is 42.0 Å². The van der Waals surface area contributed by atoms with Crippen molar-refractivity contribution in [3.05, 3.63) is 53.7 Å². The molecule has 0 amide bonds. The van der Waals surface area contributed by atoms with E-state index in [1.807, 2.05) is 18.2 Å². The molecule has 178 valence electrons. The van der Waals surface area contributed by atoms with Crippen molar-refractivity contribution in [2.24, 2.45) is 0 Å². The molecule has 3 atom stereocenters. The van der Waals surface area contributed by atoms with Gasteiger partial charge in [0, 0.05) is 49.0 Å². The maximum absolute atomic E-state index is 11.2. The first-order valence-corrected chi connectivity index (χ1v) is 12.0. The first-order chi connectivity index (χ1) is 16.7. The van der Waals surface area contributed by atoms with Crippen LogP contribution >= 0.6 is 0 Å². The van der Waals surface area contributed by atoms with Crippen LogP contribution in [-0.4, -0.2) is 58.5 Å². The Balaban J connectivity index is 1.10. The summed E-state index contributed by atoms with van der Waals surface area (Å²) < 4.78 is 16.2. The fraction of sp³-hybridized carbons (Fsp3) is 0.462. The molecule has 3 unspecified atom stereocenters. The van der Waals surface area contributed by atoms with E-state index in [1.165, 1.54) is 18.4 Å². The number of fused-ring (bicyclic) bond motifs is 4. The maximum Gasteiger partial charge on any atom is 0.231 e. The number of methoxy groups -OCH3 is 1. The van der Waals surface area contributed by atoms with Crippen molar-refractivity contribution >= 4 is 11.0 Å². The number of aliphatic hydroxyl groups is 1. The Morgan fingerprint density at radius 2 is 1.94 bits per heavy atom. The molecular formula is C26H30N4O4. The number of hydrogen-bond acceptors (Lipinski definition) is 8. The summed E-state index contributed by atoms with van der Waals surface area (Å²) in [6, 6.07) is 13.2. The Kier molecular flexibility index (Phi) is 5.72. The molecule has 2 fully saturated rings. The highest BCUT2D eigenvalue weighted by Crippen LogP contribution is 2.38. The normalized spacial score (nSPS) is 24.5. The number of aromatic nitrogens is 2. The molecule has 3 aromatic rings. The van der Waals surface area contributed by atoms with Gasteiger partial charge in [0.1, 0.15) is 0 Å². The number of benzene rings is 1. The van der Waals surface area contributed by atoms with Gasteiger partial charge in [-0.25, -0.2) is 4.98 Å². The molecular weight excluding hydrogens is 432 g/mol. The van der Waals surface area contributed by atoms with Crippen molar-refractivity contribution in [3.8, 4) is 17.4 Å². The molecule has 0 spiro atoms. The van der Waals surface area contributed by atoms with Gasteiger partial charge in [-0.3, -0.25) is 9.88 Å². The second-order valence-corrected chi connectivity index (χ2v) is 9.46. The molecule has 2 aromatic heterocycles. The predicted molar refractivity (Wildman–Crippen MR) is 127 cm³/mol. The monoisotopic (exact) mass is 462 g/mol. The molecule has 2 N–H and O–H groups in total. The van der Waals surface area contributed by atoms with E-state index in [-0.39, 0.29) is 0 Å². The number of piperidine rings is 1. The molecule has 8 nitrogen and oxygen atoms in total. The molecule has 3 aliphatic heterocycles. The molecule has 2 saturated heterocycles. The number of nitrogens with one attached hydrogen (secondary N) is 1. The van der Waals surface area contributed by atoms with E-state index in [1.54, 1.807) is 19.4 Å². The molecule has 1 aromatic carbocycles. The van der Waals surface area contributed by atoms with Gasteiger partial charge in [0.05, 0.1) is 24.2 Å². The van der Waals surface area contributed by atoms with Crippen LogP contribution < -0.4 is 19.5 Å². The van der Waals surface area contributed by atoms with Crippen LogP contribution in [0.15, 0.2) is 42.6 Å².